The Labute approximate surface area is 165 Å². The van der Waals surface area contributed by atoms with Crippen molar-refractivity contribution in [2.24, 2.45) is 0 Å². The van der Waals surface area contributed by atoms with E-state index in [4.69, 9.17) is 16.3 Å². The Morgan fingerprint density at radius 1 is 1.11 bits per heavy atom. The molecule has 0 unspecified atom stereocenters. The maximum absolute atomic E-state index is 12.4. The fourth-order valence-corrected chi connectivity index (χ4v) is 2.60. The molecule has 0 heterocycles. The predicted molar refractivity (Wildman–Crippen MR) is 107 cm³/mol. The summed E-state index contributed by atoms with van der Waals surface area (Å²) in [5, 5.41) is 6.27. The number of hydrogen-bond acceptors (Lipinski definition) is 3. The van der Waals surface area contributed by atoms with E-state index in [-0.39, 0.29) is 11.9 Å². The van der Waals surface area contributed by atoms with Gasteiger partial charge in [0, 0.05) is 17.1 Å². The third kappa shape index (κ3) is 6.94. The number of alkyl carbamates (subject to hydrolysis) is 1. The molecule has 0 saturated heterocycles. The quantitative estimate of drug-likeness (QED) is 0.768. The summed E-state index contributed by atoms with van der Waals surface area (Å²) >= 11 is 6.00. The zero-order valence-electron chi connectivity index (χ0n) is 16.0. The number of rotatable bonds is 5. The maximum atomic E-state index is 12.4. The van der Waals surface area contributed by atoms with Gasteiger partial charge in [0.1, 0.15) is 5.60 Å². The molecule has 0 radical (unpaired) electrons. The van der Waals surface area contributed by atoms with E-state index in [2.05, 4.69) is 10.6 Å². The second-order valence-corrected chi connectivity index (χ2v) is 7.74. The number of carbonyl (C=O) groups is 2. The van der Waals surface area contributed by atoms with Gasteiger partial charge in [0.25, 0.3) is 5.91 Å². The smallest absolute Gasteiger partial charge is 0.407 e. The summed E-state index contributed by atoms with van der Waals surface area (Å²) in [5.74, 6) is -0.172. The van der Waals surface area contributed by atoms with Crippen molar-refractivity contribution in [2.75, 3.05) is 0 Å². The minimum Gasteiger partial charge on any atom is -0.444 e. The van der Waals surface area contributed by atoms with Crippen LogP contribution in [0.5, 0.6) is 0 Å². The first-order valence-corrected chi connectivity index (χ1v) is 9.14. The highest BCUT2D eigenvalue weighted by molar-refractivity contribution is 6.30. The lowest BCUT2D eigenvalue weighted by atomic mass is 10.1. The molecule has 2 amide bonds. The molecule has 27 heavy (non-hydrogen) atoms. The lowest BCUT2D eigenvalue weighted by Gasteiger charge is -2.19. The third-order valence-corrected chi connectivity index (χ3v) is 3.98. The summed E-state index contributed by atoms with van der Waals surface area (Å²) in [6, 6.07) is 14.3. The van der Waals surface area contributed by atoms with Crippen LogP contribution in [0, 0.1) is 0 Å². The number of carbonyl (C=O) groups excluding carboxylic acids is 2. The van der Waals surface area contributed by atoms with Gasteiger partial charge in [0.15, 0.2) is 0 Å². The molecule has 0 fully saturated rings. The zero-order valence-corrected chi connectivity index (χ0v) is 16.8. The van der Waals surface area contributed by atoms with Crippen LogP contribution < -0.4 is 10.6 Å². The van der Waals surface area contributed by atoms with Crippen molar-refractivity contribution < 1.29 is 14.3 Å². The minimum atomic E-state index is -0.536. The average Bonchev–Trinajstić information content (AvgIpc) is 2.59. The Balaban J connectivity index is 1.90. The summed E-state index contributed by atoms with van der Waals surface area (Å²) in [7, 11) is 0. The highest BCUT2D eigenvalue weighted by atomic mass is 35.5. The third-order valence-electron chi connectivity index (χ3n) is 3.75. The Morgan fingerprint density at radius 2 is 1.78 bits per heavy atom. The highest BCUT2D eigenvalue weighted by Gasteiger charge is 2.16. The molecule has 5 nitrogen and oxygen atoms in total. The largest absolute Gasteiger partial charge is 0.444 e. The summed E-state index contributed by atoms with van der Waals surface area (Å²) in [6.45, 7) is 7.66. The van der Waals surface area contributed by atoms with Crippen LogP contribution in [0.3, 0.4) is 0 Å². The second kappa shape index (κ2) is 8.91. The van der Waals surface area contributed by atoms with Crippen molar-refractivity contribution in [3.8, 4) is 0 Å². The minimum absolute atomic E-state index is 0.162. The first-order chi connectivity index (χ1) is 12.6. The van der Waals surface area contributed by atoms with E-state index in [0.717, 1.165) is 11.1 Å². The van der Waals surface area contributed by atoms with Gasteiger partial charge in [-0.15, -0.1) is 0 Å². The molecular formula is C21H25ClN2O3. The summed E-state index contributed by atoms with van der Waals surface area (Å²) in [5.41, 5.74) is 1.82. The van der Waals surface area contributed by atoms with Crippen LogP contribution >= 0.6 is 11.6 Å². The van der Waals surface area contributed by atoms with Gasteiger partial charge < -0.3 is 15.4 Å². The lowest BCUT2D eigenvalue weighted by molar-refractivity contribution is 0.0523. The van der Waals surface area contributed by atoms with Crippen LogP contribution in [0.25, 0.3) is 0 Å². The summed E-state index contributed by atoms with van der Waals surface area (Å²) in [4.78, 5) is 24.1. The monoisotopic (exact) mass is 388 g/mol. The molecule has 0 saturated carbocycles. The number of halogens is 1. The first-order valence-electron chi connectivity index (χ1n) is 8.76. The van der Waals surface area contributed by atoms with Crippen molar-refractivity contribution in [3.05, 3.63) is 70.2 Å². The van der Waals surface area contributed by atoms with Gasteiger partial charge in [-0.25, -0.2) is 4.79 Å². The number of benzene rings is 2. The van der Waals surface area contributed by atoms with E-state index in [1.807, 2.05) is 45.9 Å². The topological polar surface area (TPSA) is 67.4 Å². The fourth-order valence-electron chi connectivity index (χ4n) is 2.40. The molecule has 0 aliphatic rings. The van der Waals surface area contributed by atoms with Gasteiger partial charge in [0.2, 0.25) is 0 Å². The first kappa shape index (κ1) is 20.8. The van der Waals surface area contributed by atoms with E-state index in [1.54, 1.807) is 30.3 Å². The van der Waals surface area contributed by atoms with Crippen molar-refractivity contribution in [1.82, 2.24) is 10.6 Å². The van der Waals surface area contributed by atoms with Gasteiger partial charge >= 0.3 is 6.09 Å². The Bertz CT molecular complexity index is 798. The molecule has 0 bridgehead atoms. The SMILES string of the molecule is C[C@@H](NC(=O)c1ccc(CNC(=O)OC(C)(C)C)cc1)c1cccc(Cl)c1. The highest BCUT2D eigenvalue weighted by Crippen LogP contribution is 2.18. The van der Waals surface area contributed by atoms with Gasteiger partial charge in [-0.3, -0.25) is 4.79 Å². The van der Waals surface area contributed by atoms with Gasteiger partial charge in [-0.05, 0) is 63.1 Å². The normalized spacial score (nSPS) is 12.2. The Kier molecular flexibility index (Phi) is 6.86. The van der Waals surface area contributed by atoms with Gasteiger partial charge in [-0.1, -0.05) is 35.9 Å². The van der Waals surface area contributed by atoms with Crippen LogP contribution in [0.15, 0.2) is 48.5 Å². The zero-order chi connectivity index (χ0) is 20.0. The number of nitrogens with one attached hydrogen (secondary N) is 2. The lowest BCUT2D eigenvalue weighted by Crippen LogP contribution is -2.32. The molecule has 2 aromatic rings. The maximum Gasteiger partial charge on any atom is 0.407 e. The van der Waals surface area contributed by atoms with Crippen LogP contribution in [0.4, 0.5) is 4.79 Å². The van der Waals surface area contributed by atoms with E-state index in [0.29, 0.717) is 17.1 Å². The Hall–Kier alpha value is -2.53. The second-order valence-electron chi connectivity index (χ2n) is 7.30. The molecule has 0 aliphatic heterocycles. The molecule has 6 heteroatoms. The van der Waals surface area contributed by atoms with Crippen LogP contribution in [0.2, 0.25) is 5.02 Å². The molecule has 0 aromatic heterocycles. The summed E-state index contributed by atoms with van der Waals surface area (Å²) in [6.07, 6.45) is -0.473. The molecule has 1 atom stereocenters. The number of hydrogen-bond donors (Lipinski definition) is 2. The number of amides is 2. The fraction of sp³-hybridized carbons (Fsp3) is 0.333. The van der Waals surface area contributed by atoms with Crippen LogP contribution in [0.1, 0.15) is 55.2 Å². The van der Waals surface area contributed by atoms with E-state index in [9.17, 15) is 9.59 Å². The molecule has 2 N–H and O–H groups in total. The summed E-state index contributed by atoms with van der Waals surface area (Å²) < 4.78 is 5.19. The molecule has 0 aliphatic carbocycles. The van der Waals surface area contributed by atoms with Crippen LogP contribution in [-0.2, 0) is 11.3 Å². The molecule has 0 spiro atoms. The molecule has 2 aromatic carbocycles. The molecular weight excluding hydrogens is 364 g/mol. The van der Waals surface area contributed by atoms with Gasteiger partial charge in [-0.2, -0.15) is 0 Å². The predicted octanol–water partition coefficient (Wildman–Crippen LogP) is 4.86. The van der Waals surface area contributed by atoms with Crippen molar-refractivity contribution >= 4 is 23.6 Å². The van der Waals surface area contributed by atoms with Crippen molar-refractivity contribution in [2.45, 2.75) is 45.9 Å². The van der Waals surface area contributed by atoms with Crippen molar-refractivity contribution in [1.29, 1.82) is 0 Å². The number of ether oxygens (including phenoxy) is 1. The Morgan fingerprint density at radius 3 is 2.37 bits per heavy atom. The average molecular weight is 389 g/mol. The standard InChI is InChI=1S/C21H25ClN2O3/c1-14(17-6-5-7-18(22)12-17)24-19(25)16-10-8-15(9-11-16)13-23-20(26)27-21(2,3)4/h5-12,14H,13H2,1-4H3,(H,23,26)(H,24,25)/t14-/m1/s1. The van der Waals surface area contributed by atoms with Crippen LogP contribution in [-0.4, -0.2) is 17.6 Å². The molecule has 2 rings (SSSR count). The molecule has 144 valence electrons. The van der Waals surface area contributed by atoms with E-state index in [1.165, 1.54) is 0 Å². The van der Waals surface area contributed by atoms with Crippen molar-refractivity contribution in [3.63, 3.8) is 0 Å². The van der Waals surface area contributed by atoms with Gasteiger partial charge in [0.05, 0.1) is 6.04 Å². The van der Waals surface area contributed by atoms with E-state index >= 15 is 0 Å². The van der Waals surface area contributed by atoms with E-state index < -0.39 is 11.7 Å².